The highest BCUT2D eigenvalue weighted by Gasteiger charge is 2.53. The average molecular weight is 816 g/mol. The van der Waals surface area contributed by atoms with Crippen LogP contribution in [0, 0.1) is 35.5 Å². The second-order valence-corrected chi connectivity index (χ2v) is 16.5. The van der Waals surface area contributed by atoms with Gasteiger partial charge in [0, 0.05) is 62.2 Å². The van der Waals surface area contributed by atoms with Gasteiger partial charge in [0.1, 0.15) is 29.8 Å². The fraction of sp³-hybridized carbons (Fsp3) is 0.636. The molecule has 14 nitrogen and oxygen atoms in total. The van der Waals surface area contributed by atoms with Crippen molar-refractivity contribution in [3.8, 4) is 0 Å². The minimum absolute atomic E-state index is 0.0594. The number of hydrogen-bond acceptors (Lipinski definition) is 13. The van der Waals surface area contributed by atoms with Gasteiger partial charge in [0.15, 0.2) is 11.6 Å². The number of hydrogen-bond donors (Lipinski definition) is 5. The van der Waals surface area contributed by atoms with Crippen molar-refractivity contribution in [2.45, 2.75) is 130 Å². The Balaban J connectivity index is 1.92. The van der Waals surface area contributed by atoms with E-state index in [0.29, 0.717) is 12.0 Å². The first-order valence-electron chi connectivity index (χ1n) is 20.1. The predicted molar refractivity (Wildman–Crippen MR) is 215 cm³/mol. The van der Waals surface area contributed by atoms with E-state index >= 15 is 0 Å². The molecule has 1 amide bonds. The maximum atomic E-state index is 13.7. The molecule has 5 N–H and O–H groups in total. The number of esters is 2. The number of ether oxygens (including phenoxy) is 5. The van der Waals surface area contributed by atoms with Crippen LogP contribution >= 0.6 is 0 Å². The minimum Gasteiger partial charge on any atom is -0.510 e. The Morgan fingerprint density at radius 3 is 2.29 bits per heavy atom. The molecule has 1 aliphatic carbocycles. The van der Waals surface area contributed by atoms with Gasteiger partial charge < -0.3 is 49.4 Å². The molecule has 0 aromatic heterocycles. The van der Waals surface area contributed by atoms with Gasteiger partial charge in [-0.15, -0.1) is 0 Å². The molecule has 58 heavy (non-hydrogen) atoms. The molecular formula is C44H65NO13. The first-order chi connectivity index (χ1) is 27.1. The monoisotopic (exact) mass is 815 g/mol. The molecule has 12 atom stereocenters. The van der Waals surface area contributed by atoms with Crippen molar-refractivity contribution in [1.82, 2.24) is 5.32 Å². The molecule has 3 rings (SSSR count). The predicted octanol–water partition coefficient (Wildman–Crippen LogP) is 5.05. The molecule has 0 aromatic carbocycles. The number of cyclic esters (lactones) is 1. The van der Waals surface area contributed by atoms with E-state index in [1.165, 1.54) is 20.3 Å². The quantitative estimate of drug-likeness (QED) is 0.137. The second-order valence-electron chi connectivity index (χ2n) is 16.5. The van der Waals surface area contributed by atoms with E-state index in [2.05, 4.69) is 5.32 Å². The van der Waals surface area contributed by atoms with Crippen LogP contribution in [-0.2, 0) is 42.9 Å². The Morgan fingerprint density at radius 2 is 1.71 bits per heavy atom. The third kappa shape index (κ3) is 12.5. The van der Waals surface area contributed by atoms with E-state index < -0.39 is 83.8 Å². The van der Waals surface area contributed by atoms with Gasteiger partial charge in [0.2, 0.25) is 11.7 Å². The number of aliphatic hydroxyl groups excluding tert-OH is 3. The third-order valence-corrected chi connectivity index (χ3v) is 11.5. The molecule has 0 spiro atoms. The minimum atomic E-state index is -2.04. The fourth-order valence-electron chi connectivity index (χ4n) is 7.95. The molecule has 0 radical (unpaired) electrons. The van der Waals surface area contributed by atoms with Crippen molar-refractivity contribution in [2.75, 3.05) is 14.2 Å². The van der Waals surface area contributed by atoms with Crippen LogP contribution < -0.4 is 5.32 Å². The molecular weight excluding hydrogens is 750 g/mol. The van der Waals surface area contributed by atoms with E-state index in [-0.39, 0.29) is 54.2 Å². The molecule has 324 valence electrons. The van der Waals surface area contributed by atoms with Gasteiger partial charge in [0.05, 0.1) is 25.4 Å². The Hall–Kier alpha value is -4.08. The molecule has 1 saturated heterocycles. The number of allylic oxidation sites excluding steroid dienone is 7. The van der Waals surface area contributed by atoms with E-state index in [4.69, 9.17) is 23.7 Å². The van der Waals surface area contributed by atoms with E-state index in [1.54, 1.807) is 32.9 Å². The lowest BCUT2D eigenvalue weighted by atomic mass is 9.76. The third-order valence-electron chi connectivity index (χ3n) is 11.5. The number of rotatable bonds is 11. The number of methoxy groups -OCH3 is 2. The van der Waals surface area contributed by atoms with E-state index in [1.807, 2.05) is 53.7 Å². The summed E-state index contributed by atoms with van der Waals surface area (Å²) in [6, 6.07) is 0. The lowest BCUT2D eigenvalue weighted by molar-refractivity contribution is -0.329. The Morgan fingerprint density at radius 1 is 1.03 bits per heavy atom. The van der Waals surface area contributed by atoms with Crippen LogP contribution in [0.1, 0.15) is 88.0 Å². The van der Waals surface area contributed by atoms with Crippen molar-refractivity contribution >= 4 is 23.6 Å². The number of aliphatic hydroxyl groups is 4. The SMILES string of the molecule is CO/C1=C\C(C)=C/C(C)C(O)C(C)C/C(C)=C/C=C/C(OC)C(C(C)C(O)C(C)C2(O)CC(OC(=O)/C=C/C(=O)NC3=C(O)CCC3=O)C(C)C(C(C)C)O2)OC1=O. The summed E-state index contributed by atoms with van der Waals surface area (Å²) in [5.74, 6) is -8.07. The molecule has 0 bridgehead atoms. The highest BCUT2D eigenvalue weighted by molar-refractivity contribution is 6.04. The highest BCUT2D eigenvalue weighted by Crippen LogP contribution is 2.42. The summed E-state index contributed by atoms with van der Waals surface area (Å²) in [4.78, 5) is 51.1. The first-order valence-corrected chi connectivity index (χ1v) is 20.1. The summed E-state index contributed by atoms with van der Waals surface area (Å²) in [6.45, 7) is 16.5. The van der Waals surface area contributed by atoms with Crippen molar-refractivity contribution in [3.63, 3.8) is 0 Å². The number of ketones is 1. The zero-order valence-corrected chi connectivity index (χ0v) is 35.8. The van der Waals surface area contributed by atoms with Crippen molar-refractivity contribution < 1.29 is 63.3 Å². The van der Waals surface area contributed by atoms with Gasteiger partial charge in [-0.25, -0.2) is 9.59 Å². The Kier molecular flexibility index (Phi) is 17.7. The van der Waals surface area contributed by atoms with Gasteiger partial charge in [-0.1, -0.05) is 83.9 Å². The van der Waals surface area contributed by atoms with Gasteiger partial charge in [-0.2, -0.15) is 0 Å². The number of Topliss-reactive ketones (excluding diaryl/α,β-unsaturated/α-hetero) is 1. The van der Waals surface area contributed by atoms with E-state index in [9.17, 15) is 39.6 Å². The second kappa shape index (κ2) is 21.3. The number of carbonyl (C=O) groups excluding carboxylic acids is 4. The number of nitrogens with one attached hydrogen (secondary N) is 1. The molecule has 0 saturated carbocycles. The smallest absolute Gasteiger partial charge is 0.373 e. The molecule has 3 aliphatic rings. The van der Waals surface area contributed by atoms with Crippen LogP contribution in [0.15, 0.2) is 70.9 Å². The average Bonchev–Trinajstić information content (AvgIpc) is 3.48. The lowest BCUT2D eigenvalue weighted by Gasteiger charge is -2.50. The molecule has 14 heteroatoms. The van der Waals surface area contributed by atoms with Crippen molar-refractivity contribution in [1.29, 1.82) is 0 Å². The summed E-state index contributed by atoms with van der Waals surface area (Å²) in [5, 5.41) is 47.4. The van der Waals surface area contributed by atoms with Crippen LogP contribution in [0.4, 0.5) is 0 Å². The normalized spacial score (nSPS) is 35.5. The largest absolute Gasteiger partial charge is 0.510 e. The zero-order chi connectivity index (χ0) is 43.6. The van der Waals surface area contributed by atoms with Gasteiger partial charge >= 0.3 is 11.9 Å². The summed E-state index contributed by atoms with van der Waals surface area (Å²) >= 11 is 0. The first kappa shape index (κ1) is 48.3. The van der Waals surface area contributed by atoms with Crippen LogP contribution in [0.2, 0.25) is 0 Å². The van der Waals surface area contributed by atoms with Crippen molar-refractivity contribution in [2.24, 2.45) is 35.5 Å². The molecule has 2 heterocycles. The van der Waals surface area contributed by atoms with Crippen LogP contribution in [-0.4, -0.2) is 101 Å². The van der Waals surface area contributed by atoms with Crippen LogP contribution in [0.5, 0.6) is 0 Å². The molecule has 2 aliphatic heterocycles. The number of carbonyl (C=O) groups is 4. The van der Waals surface area contributed by atoms with Crippen LogP contribution in [0.25, 0.3) is 0 Å². The number of amides is 1. The standard InChI is InChI=1S/C44H65NO13/c1-23(2)41-28(7)35(56-37(49)18-17-36(48)45-38-31(46)15-16-32(38)47)22-44(53,58-41)30(9)40(51)29(8)42-33(54-10)14-12-13-24(3)19-26(5)39(50)27(6)20-25(4)21-34(55-11)43(52)57-42/h12-14,17-18,20-21,23,26-30,33,35,39-42,46,50-51,53H,15-16,19,22H2,1-11H3,(H,45,48)/b14-12+,18-17+,24-13+,25-20-,34-21-. The summed E-state index contributed by atoms with van der Waals surface area (Å²) in [6.07, 6.45) is 5.61. The summed E-state index contributed by atoms with van der Waals surface area (Å²) in [5.41, 5.74) is 1.48. The van der Waals surface area contributed by atoms with Crippen LogP contribution in [0.3, 0.4) is 0 Å². The van der Waals surface area contributed by atoms with E-state index in [0.717, 1.165) is 17.7 Å². The summed E-state index contributed by atoms with van der Waals surface area (Å²) in [7, 11) is 2.79. The highest BCUT2D eigenvalue weighted by atomic mass is 16.6. The summed E-state index contributed by atoms with van der Waals surface area (Å²) < 4.78 is 29.5. The van der Waals surface area contributed by atoms with Gasteiger partial charge in [-0.3, -0.25) is 9.59 Å². The lowest BCUT2D eigenvalue weighted by Crippen LogP contribution is -2.59. The maximum absolute atomic E-state index is 13.7. The molecule has 0 aromatic rings. The Bertz CT molecular complexity index is 1670. The van der Waals surface area contributed by atoms with Crippen molar-refractivity contribution in [3.05, 3.63) is 70.9 Å². The Labute approximate surface area is 342 Å². The maximum Gasteiger partial charge on any atom is 0.373 e. The van der Waals surface area contributed by atoms with Gasteiger partial charge in [0.25, 0.3) is 0 Å². The topological polar surface area (TPSA) is 207 Å². The molecule has 12 unspecified atom stereocenters. The zero-order valence-electron chi connectivity index (χ0n) is 35.8. The fourth-order valence-corrected chi connectivity index (χ4v) is 7.95. The molecule has 1 fully saturated rings. The van der Waals surface area contributed by atoms with Gasteiger partial charge in [-0.05, 0) is 38.2 Å².